The largest absolute Gasteiger partial charge is 0.454 e. The Hall–Kier alpha value is -4.11. The van der Waals surface area contributed by atoms with Gasteiger partial charge in [-0.1, -0.05) is 36.4 Å². The van der Waals surface area contributed by atoms with Gasteiger partial charge in [-0.15, -0.1) is 0 Å². The monoisotopic (exact) mass is 530 g/mol. The molecule has 0 aliphatic carbocycles. The van der Waals surface area contributed by atoms with Gasteiger partial charge in [-0.3, -0.25) is 14.5 Å². The van der Waals surface area contributed by atoms with Crippen molar-refractivity contribution in [3.63, 3.8) is 0 Å². The van der Waals surface area contributed by atoms with Crippen LogP contribution in [0.5, 0.6) is 11.5 Å². The first-order chi connectivity index (χ1) is 19.1. The average Bonchev–Trinajstić information content (AvgIpc) is 3.60. The van der Waals surface area contributed by atoms with Gasteiger partial charge in [0.15, 0.2) is 11.5 Å². The zero-order valence-corrected chi connectivity index (χ0v) is 21.6. The number of nitrogens with one attached hydrogen (secondary N) is 1. The van der Waals surface area contributed by atoms with Crippen LogP contribution in [0.4, 0.5) is 15.8 Å². The van der Waals surface area contributed by atoms with E-state index in [9.17, 15) is 14.0 Å². The van der Waals surface area contributed by atoms with Crippen molar-refractivity contribution in [2.24, 2.45) is 5.92 Å². The van der Waals surface area contributed by atoms with E-state index in [-0.39, 0.29) is 36.9 Å². The van der Waals surface area contributed by atoms with Crippen LogP contribution in [0.2, 0.25) is 0 Å². The van der Waals surface area contributed by atoms with E-state index in [1.54, 1.807) is 11.0 Å². The summed E-state index contributed by atoms with van der Waals surface area (Å²) in [7, 11) is 0. The molecule has 0 saturated carbocycles. The molecule has 0 spiro atoms. The molecule has 2 saturated heterocycles. The van der Waals surface area contributed by atoms with Crippen LogP contribution in [-0.4, -0.2) is 62.8 Å². The summed E-state index contributed by atoms with van der Waals surface area (Å²) in [6.45, 7) is 3.67. The average molecular weight is 531 g/mol. The number of benzene rings is 3. The van der Waals surface area contributed by atoms with Crippen molar-refractivity contribution in [1.29, 1.82) is 0 Å². The molecule has 3 heterocycles. The molecule has 3 aliphatic rings. The predicted molar refractivity (Wildman–Crippen MR) is 145 cm³/mol. The van der Waals surface area contributed by atoms with Crippen LogP contribution < -0.4 is 24.6 Å². The molecule has 3 aliphatic heterocycles. The van der Waals surface area contributed by atoms with Crippen LogP contribution in [0.1, 0.15) is 18.0 Å². The highest BCUT2D eigenvalue weighted by Gasteiger charge is 2.36. The molecule has 0 unspecified atom stereocenters. The number of fused-ring (bicyclic) bond motifs is 1. The number of hydrogen-bond acceptors (Lipinski definition) is 6. The zero-order chi connectivity index (χ0) is 26.8. The number of rotatable bonds is 7. The molecule has 6 rings (SSSR count). The number of para-hydroxylation sites is 2. The third-order valence-electron chi connectivity index (χ3n) is 7.76. The SMILES string of the molecule is O=C(NC[C@H](c1ccc2c(c1)OCO2)N1CCN(c2ccccc2F)CC1)[C@H]1CC(=O)N(c2ccccc2)C1. The Morgan fingerprint density at radius 2 is 1.69 bits per heavy atom. The van der Waals surface area contributed by atoms with Gasteiger partial charge in [-0.2, -0.15) is 0 Å². The Labute approximate surface area is 226 Å². The summed E-state index contributed by atoms with van der Waals surface area (Å²) in [6.07, 6.45) is 0.191. The van der Waals surface area contributed by atoms with Crippen molar-refractivity contribution in [3.05, 3.63) is 84.2 Å². The first kappa shape index (κ1) is 25.2. The van der Waals surface area contributed by atoms with Crippen LogP contribution in [0, 0.1) is 11.7 Å². The lowest BCUT2D eigenvalue weighted by Crippen LogP contribution is -2.50. The maximum Gasteiger partial charge on any atom is 0.231 e. The molecule has 39 heavy (non-hydrogen) atoms. The Morgan fingerprint density at radius 3 is 2.49 bits per heavy atom. The summed E-state index contributed by atoms with van der Waals surface area (Å²) in [4.78, 5) is 32.0. The molecule has 8 nitrogen and oxygen atoms in total. The quantitative estimate of drug-likeness (QED) is 0.504. The van der Waals surface area contributed by atoms with Crippen molar-refractivity contribution in [3.8, 4) is 11.5 Å². The molecule has 2 atom stereocenters. The van der Waals surface area contributed by atoms with Gasteiger partial charge >= 0.3 is 0 Å². The van der Waals surface area contributed by atoms with Crippen molar-refractivity contribution < 1.29 is 23.5 Å². The molecule has 0 aromatic heterocycles. The number of ether oxygens (including phenoxy) is 2. The Kier molecular flexibility index (Phi) is 7.06. The van der Waals surface area contributed by atoms with E-state index in [4.69, 9.17) is 9.47 Å². The Balaban J connectivity index is 1.15. The van der Waals surface area contributed by atoms with Gasteiger partial charge in [0.25, 0.3) is 0 Å². The fourth-order valence-corrected chi connectivity index (χ4v) is 5.64. The molecule has 2 amide bonds. The second-order valence-corrected chi connectivity index (χ2v) is 10.1. The highest BCUT2D eigenvalue weighted by Crippen LogP contribution is 2.36. The van der Waals surface area contributed by atoms with Gasteiger partial charge < -0.3 is 24.6 Å². The van der Waals surface area contributed by atoms with Crippen LogP contribution in [-0.2, 0) is 9.59 Å². The summed E-state index contributed by atoms with van der Waals surface area (Å²) in [5.41, 5.74) is 2.43. The molecular formula is C30H31FN4O4. The molecular weight excluding hydrogens is 499 g/mol. The Morgan fingerprint density at radius 1 is 0.949 bits per heavy atom. The number of nitrogens with zero attached hydrogens (tertiary/aromatic N) is 3. The van der Waals surface area contributed by atoms with E-state index < -0.39 is 5.92 Å². The molecule has 0 bridgehead atoms. The summed E-state index contributed by atoms with van der Waals surface area (Å²) < 4.78 is 25.5. The maximum atomic E-state index is 14.4. The lowest BCUT2D eigenvalue weighted by atomic mass is 10.0. The van der Waals surface area contributed by atoms with Gasteiger partial charge in [0.1, 0.15) is 5.82 Å². The van der Waals surface area contributed by atoms with E-state index in [2.05, 4.69) is 15.1 Å². The van der Waals surface area contributed by atoms with Crippen LogP contribution in [0.15, 0.2) is 72.8 Å². The second kappa shape index (κ2) is 10.9. The van der Waals surface area contributed by atoms with Crippen LogP contribution in [0.25, 0.3) is 0 Å². The van der Waals surface area contributed by atoms with Gasteiger partial charge in [-0.05, 0) is 42.0 Å². The lowest BCUT2D eigenvalue weighted by molar-refractivity contribution is -0.126. The number of hydrogen-bond donors (Lipinski definition) is 1. The molecule has 0 radical (unpaired) electrons. The van der Waals surface area contributed by atoms with E-state index in [0.29, 0.717) is 56.5 Å². The van der Waals surface area contributed by atoms with E-state index in [0.717, 1.165) is 11.3 Å². The molecule has 3 aromatic carbocycles. The number of halogens is 1. The van der Waals surface area contributed by atoms with E-state index >= 15 is 0 Å². The summed E-state index contributed by atoms with van der Waals surface area (Å²) in [5.74, 6) is 0.592. The topological polar surface area (TPSA) is 74.4 Å². The van der Waals surface area contributed by atoms with Gasteiger partial charge in [-0.25, -0.2) is 4.39 Å². The number of amides is 2. The Bertz CT molecular complexity index is 1350. The van der Waals surface area contributed by atoms with Crippen molar-refractivity contribution in [1.82, 2.24) is 10.2 Å². The van der Waals surface area contributed by atoms with E-state index in [1.807, 2.05) is 60.7 Å². The van der Waals surface area contributed by atoms with Gasteiger partial charge in [0.05, 0.1) is 17.6 Å². The minimum Gasteiger partial charge on any atom is -0.454 e. The van der Waals surface area contributed by atoms with E-state index in [1.165, 1.54) is 6.07 Å². The summed E-state index contributed by atoms with van der Waals surface area (Å²) in [6, 6.07) is 22.0. The van der Waals surface area contributed by atoms with Crippen molar-refractivity contribution >= 4 is 23.2 Å². The minimum absolute atomic E-state index is 0.0436. The van der Waals surface area contributed by atoms with Crippen LogP contribution in [0.3, 0.4) is 0 Å². The smallest absolute Gasteiger partial charge is 0.231 e. The standard InChI is InChI=1S/C30H31FN4O4/c31-24-8-4-5-9-25(24)33-12-14-34(15-13-33)26(21-10-11-27-28(16-21)39-20-38-27)18-32-30(37)22-17-29(36)35(19-22)23-6-2-1-3-7-23/h1-11,16,22,26H,12-15,17-20H2,(H,32,37)/t22-,26+/m0/s1. The zero-order valence-electron chi connectivity index (χ0n) is 21.6. The van der Waals surface area contributed by atoms with Gasteiger partial charge in [0.2, 0.25) is 18.6 Å². The minimum atomic E-state index is -0.409. The summed E-state index contributed by atoms with van der Waals surface area (Å²) in [5, 5.41) is 3.13. The normalized spacial score (nSPS) is 19.8. The first-order valence-corrected chi connectivity index (χ1v) is 13.3. The fraction of sp³-hybridized carbons (Fsp3) is 0.333. The number of carbonyl (C=O) groups excluding carboxylic acids is 2. The van der Waals surface area contributed by atoms with Crippen molar-refractivity contribution in [2.75, 3.05) is 55.9 Å². The molecule has 2 fully saturated rings. The number of carbonyl (C=O) groups is 2. The highest BCUT2D eigenvalue weighted by molar-refractivity contribution is 6.00. The molecule has 1 N–H and O–H groups in total. The van der Waals surface area contributed by atoms with Crippen molar-refractivity contribution in [2.45, 2.75) is 12.5 Å². The predicted octanol–water partition coefficient (Wildman–Crippen LogP) is 3.59. The molecule has 9 heteroatoms. The third-order valence-corrected chi connectivity index (χ3v) is 7.76. The molecule has 3 aromatic rings. The maximum absolute atomic E-state index is 14.4. The third kappa shape index (κ3) is 5.27. The number of piperazine rings is 1. The first-order valence-electron chi connectivity index (χ1n) is 13.3. The van der Waals surface area contributed by atoms with Gasteiger partial charge in [0, 0.05) is 51.4 Å². The highest BCUT2D eigenvalue weighted by atomic mass is 19.1. The fourth-order valence-electron chi connectivity index (χ4n) is 5.64. The number of anilines is 2. The van der Waals surface area contributed by atoms with Crippen LogP contribution >= 0.6 is 0 Å². The molecule has 202 valence electrons. The second-order valence-electron chi connectivity index (χ2n) is 10.1. The lowest BCUT2D eigenvalue weighted by Gasteiger charge is -2.40. The summed E-state index contributed by atoms with van der Waals surface area (Å²) >= 11 is 0.